The number of pyridine rings is 1. The molecule has 0 radical (unpaired) electrons. The van der Waals surface area contributed by atoms with Crippen molar-refractivity contribution < 1.29 is 14.1 Å². The number of fused-ring (bicyclic) bond motifs is 2. The molecule has 1 saturated carbocycles. The summed E-state index contributed by atoms with van der Waals surface area (Å²) in [5.41, 5.74) is 1.84. The van der Waals surface area contributed by atoms with Gasteiger partial charge < -0.3 is 14.2 Å². The van der Waals surface area contributed by atoms with Gasteiger partial charge in [-0.1, -0.05) is 18.0 Å². The van der Waals surface area contributed by atoms with Crippen molar-refractivity contribution in [3.05, 3.63) is 23.5 Å². The first-order valence-corrected chi connectivity index (χ1v) is 7.88. The summed E-state index contributed by atoms with van der Waals surface area (Å²) in [6, 6.07) is 2.04. The van der Waals surface area contributed by atoms with Crippen LogP contribution in [0, 0.1) is 6.92 Å². The lowest BCUT2D eigenvalue weighted by molar-refractivity contribution is -0.0752. The van der Waals surface area contributed by atoms with Gasteiger partial charge in [-0.25, -0.2) is 4.98 Å². The van der Waals surface area contributed by atoms with Gasteiger partial charge in [0.1, 0.15) is 0 Å². The van der Waals surface area contributed by atoms with Crippen molar-refractivity contribution in [2.75, 3.05) is 13.2 Å². The third-order valence-electron chi connectivity index (χ3n) is 4.75. The van der Waals surface area contributed by atoms with Crippen LogP contribution in [-0.2, 0) is 4.74 Å². The first-order chi connectivity index (χ1) is 10.7. The zero-order valence-electron chi connectivity index (χ0n) is 12.6. The van der Waals surface area contributed by atoms with Gasteiger partial charge in [-0.2, -0.15) is 0 Å². The molecule has 1 aliphatic carbocycles. The SMILES string of the molecule is Cc1noc2ncc(C(=O)N3CCO[C@@H]4CCCC[C@@H]43)cc12. The summed E-state index contributed by atoms with van der Waals surface area (Å²) in [6.45, 7) is 3.13. The summed E-state index contributed by atoms with van der Waals surface area (Å²) in [4.78, 5) is 19.1. The Bertz CT molecular complexity index is 710. The Morgan fingerprint density at radius 2 is 2.23 bits per heavy atom. The van der Waals surface area contributed by atoms with Crippen molar-refractivity contribution >= 4 is 17.0 Å². The standard InChI is InChI=1S/C16H19N3O3/c1-10-12-8-11(9-17-15(12)22-18-10)16(20)19-6-7-21-14-5-3-2-4-13(14)19/h8-9,13-14H,2-7H2,1H3/t13-,14+/m0/s1. The van der Waals surface area contributed by atoms with E-state index in [9.17, 15) is 4.79 Å². The smallest absolute Gasteiger partial charge is 0.257 e. The molecule has 2 fully saturated rings. The molecule has 0 aromatic carbocycles. The summed E-state index contributed by atoms with van der Waals surface area (Å²) in [5.74, 6) is 0.0372. The average molecular weight is 301 g/mol. The monoisotopic (exact) mass is 301 g/mol. The molecule has 2 aromatic heterocycles. The minimum atomic E-state index is 0.0372. The Morgan fingerprint density at radius 1 is 1.36 bits per heavy atom. The van der Waals surface area contributed by atoms with Gasteiger partial charge in [-0.15, -0.1) is 0 Å². The number of amides is 1. The number of rotatable bonds is 1. The lowest BCUT2D eigenvalue weighted by Gasteiger charge is -2.43. The fourth-order valence-corrected chi connectivity index (χ4v) is 3.58. The molecule has 0 bridgehead atoms. The number of morpholine rings is 1. The van der Waals surface area contributed by atoms with Crippen LogP contribution in [0.3, 0.4) is 0 Å². The summed E-state index contributed by atoms with van der Waals surface area (Å²) < 4.78 is 10.9. The number of ether oxygens (including phenoxy) is 1. The highest BCUT2D eigenvalue weighted by Crippen LogP contribution is 2.29. The summed E-state index contributed by atoms with van der Waals surface area (Å²) >= 11 is 0. The number of carbonyl (C=O) groups is 1. The van der Waals surface area contributed by atoms with Crippen molar-refractivity contribution in [3.8, 4) is 0 Å². The number of nitrogens with zero attached hydrogens (tertiary/aromatic N) is 3. The molecule has 0 N–H and O–H groups in total. The van der Waals surface area contributed by atoms with E-state index in [1.165, 1.54) is 6.42 Å². The third-order valence-corrected chi connectivity index (χ3v) is 4.75. The lowest BCUT2D eigenvalue weighted by Crippen LogP contribution is -2.54. The van der Waals surface area contributed by atoms with Crippen LogP contribution >= 0.6 is 0 Å². The summed E-state index contributed by atoms with van der Waals surface area (Å²) in [5, 5.41) is 4.70. The van der Waals surface area contributed by atoms with Gasteiger partial charge >= 0.3 is 0 Å². The minimum absolute atomic E-state index is 0.0372. The van der Waals surface area contributed by atoms with E-state index in [4.69, 9.17) is 9.26 Å². The quantitative estimate of drug-likeness (QED) is 0.808. The predicted octanol–water partition coefficient (Wildman–Crippen LogP) is 2.31. The normalized spacial score (nSPS) is 25.2. The van der Waals surface area contributed by atoms with Gasteiger partial charge in [0.05, 0.1) is 35.4 Å². The summed E-state index contributed by atoms with van der Waals surface area (Å²) in [6.07, 6.45) is 6.21. The van der Waals surface area contributed by atoms with E-state index in [1.807, 2.05) is 17.9 Å². The molecule has 1 amide bonds. The number of aromatic nitrogens is 2. The fraction of sp³-hybridized carbons (Fsp3) is 0.562. The second-order valence-corrected chi connectivity index (χ2v) is 6.10. The molecule has 22 heavy (non-hydrogen) atoms. The van der Waals surface area contributed by atoms with Crippen LogP contribution < -0.4 is 0 Å². The number of carbonyl (C=O) groups excluding carboxylic acids is 1. The fourth-order valence-electron chi connectivity index (χ4n) is 3.58. The highest BCUT2D eigenvalue weighted by atomic mass is 16.5. The van der Waals surface area contributed by atoms with Crippen molar-refractivity contribution in [2.45, 2.75) is 44.8 Å². The van der Waals surface area contributed by atoms with Gasteiger partial charge in [0, 0.05) is 12.7 Å². The van der Waals surface area contributed by atoms with Crippen molar-refractivity contribution in [3.63, 3.8) is 0 Å². The van der Waals surface area contributed by atoms with Gasteiger partial charge in [0.25, 0.3) is 11.6 Å². The van der Waals surface area contributed by atoms with E-state index in [2.05, 4.69) is 10.1 Å². The minimum Gasteiger partial charge on any atom is -0.374 e. The van der Waals surface area contributed by atoms with Gasteiger partial charge in [-0.3, -0.25) is 4.79 Å². The first-order valence-electron chi connectivity index (χ1n) is 7.88. The van der Waals surface area contributed by atoms with Crippen LogP contribution in [-0.4, -0.2) is 46.2 Å². The largest absolute Gasteiger partial charge is 0.374 e. The van der Waals surface area contributed by atoms with Crippen LogP contribution in [0.4, 0.5) is 0 Å². The van der Waals surface area contributed by atoms with E-state index >= 15 is 0 Å². The first kappa shape index (κ1) is 13.7. The zero-order chi connectivity index (χ0) is 15.1. The Labute approximate surface area is 128 Å². The Hall–Kier alpha value is -1.95. The molecule has 116 valence electrons. The molecule has 4 rings (SSSR count). The van der Waals surface area contributed by atoms with E-state index in [0.717, 1.165) is 30.3 Å². The molecule has 3 heterocycles. The maximum atomic E-state index is 12.9. The molecular weight excluding hydrogens is 282 g/mol. The van der Waals surface area contributed by atoms with E-state index < -0.39 is 0 Å². The van der Waals surface area contributed by atoms with Crippen molar-refractivity contribution in [1.29, 1.82) is 0 Å². The molecule has 2 aliphatic rings. The average Bonchev–Trinajstić information content (AvgIpc) is 2.94. The van der Waals surface area contributed by atoms with E-state index in [0.29, 0.717) is 24.4 Å². The highest BCUT2D eigenvalue weighted by Gasteiger charge is 2.37. The summed E-state index contributed by atoms with van der Waals surface area (Å²) in [7, 11) is 0. The van der Waals surface area contributed by atoms with E-state index in [-0.39, 0.29) is 18.1 Å². The zero-order valence-corrected chi connectivity index (χ0v) is 12.6. The Morgan fingerprint density at radius 3 is 3.14 bits per heavy atom. The molecule has 0 spiro atoms. The molecule has 0 unspecified atom stereocenters. The van der Waals surface area contributed by atoms with Gasteiger partial charge in [0.2, 0.25) is 0 Å². The molecule has 6 heteroatoms. The molecule has 1 saturated heterocycles. The van der Waals surface area contributed by atoms with Crippen LogP contribution in [0.1, 0.15) is 41.7 Å². The van der Waals surface area contributed by atoms with Crippen LogP contribution in [0.25, 0.3) is 11.1 Å². The van der Waals surface area contributed by atoms with Gasteiger partial charge in [0.15, 0.2) is 0 Å². The Kier molecular flexibility index (Phi) is 3.33. The number of aryl methyl sites for hydroxylation is 1. The Balaban J connectivity index is 1.65. The van der Waals surface area contributed by atoms with Crippen molar-refractivity contribution in [2.24, 2.45) is 0 Å². The third kappa shape index (κ3) is 2.18. The molecule has 6 nitrogen and oxygen atoms in total. The van der Waals surface area contributed by atoms with Crippen LogP contribution in [0.15, 0.2) is 16.8 Å². The molecule has 2 aromatic rings. The van der Waals surface area contributed by atoms with Crippen LogP contribution in [0.5, 0.6) is 0 Å². The molecule has 1 aliphatic heterocycles. The predicted molar refractivity (Wildman–Crippen MR) is 79.6 cm³/mol. The topological polar surface area (TPSA) is 68.5 Å². The number of hydrogen-bond donors (Lipinski definition) is 0. The maximum Gasteiger partial charge on any atom is 0.257 e. The van der Waals surface area contributed by atoms with E-state index in [1.54, 1.807) is 6.20 Å². The second kappa shape index (κ2) is 5.35. The highest BCUT2D eigenvalue weighted by molar-refractivity contribution is 5.97. The lowest BCUT2D eigenvalue weighted by atomic mass is 9.90. The second-order valence-electron chi connectivity index (χ2n) is 6.10. The maximum absolute atomic E-state index is 12.9. The van der Waals surface area contributed by atoms with Crippen LogP contribution in [0.2, 0.25) is 0 Å². The molecular formula is C16H19N3O3. The van der Waals surface area contributed by atoms with Gasteiger partial charge in [-0.05, 0) is 25.8 Å². The van der Waals surface area contributed by atoms with Crippen molar-refractivity contribution in [1.82, 2.24) is 15.0 Å². The molecule has 2 atom stereocenters. The number of hydrogen-bond acceptors (Lipinski definition) is 5.